The van der Waals surface area contributed by atoms with E-state index in [1.54, 1.807) is 0 Å². The van der Waals surface area contributed by atoms with E-state index in [-0.39, 0.29) is 29.6 Å². The molecule has 168 valence electrons. The van der Waals surface area contributed by atoms with Crippen molar-refractivity contribution in [2.45, 2.75) is 102 Å². The number of hydrogen-bond acceptors (Lipinski definition) is 6. The zero-order valence-electron chi connectivity index (χ0n) is 19.2. The summed E-state index contributed by atoms with van der Waals surface area (Å²) in [6.07, 6.45) is 11.7. The van der Waals surface area contributed by atoms with Crippen molar-refractivity contribution in [2.75, 3.05) is 32.9 Å². The largest absolute Gasteiger partial charge is 1.00 e. The molecule has 30 heavy (non-hydrogen) atoms. The van der Waals surface area contributed by atoms with Gasteiger partial charge in [0, 0.05) is 25.7 Å². The summed E-state index contributed by atoms with van der Waals surface area (Å²) >= 11 is 0. The maximum absolute atomic E-state index is 11.3. The molecular weight excluding hydrogens is 393 g/mol. The number of ether oxygens (including phenoxy) is 3. The van der Waals surface area contributed by atoms with E-state index < -0.39 is 12.1 Å². The zero-order chi connectivity index (χ0) is 20.5. The number of hydrogen-bond donors (Lipinski definition) is 0. The van der Waals surface area contributed by atoms with Gasteiger partial charge in [-0.25, -0.2) is 0 Å². The number of carboxylic acids is 1. The number of rotatable bonds is 11. The van der Waals surface area contributed by atoms with Crippen LogP contribution in [0.5, 0.6) is 0 Å². The van der Waals surface area contributed by atoms with Gasteiger partial charge in [0.05, 0.1) is 37.5 Å². The summed E-state index contributed by atoms with van der Waals surface area (Å²) in [5.74, 6) is -0.660. The number of unbranched alkanes of at least 4 members (excludes halogenated alkanes) is 1. The Hall–Kier alpha value is 0.310. The molecule has 0 bridgehead atoms. The molecule has 0 amide bonds. The number of nitrogens with zero attached hydrogens (tertiary/aromatic N) is 1. The van der Waals surface area contributed by atoms with Crippen LogP contribution in [-0.2, 0) is 19.0 Å². The molecule has 7 heteroatoms. The predicted molar refractivity (Wildman–Crippen MR) is 110 cm³/mol. The minimum absolute atomic E-state index is 0. The second-order valence-corrected chi connectivity index (χ2v) is 9.08. The van der Waals surface area contributed by atoms with Gasteiger partial charge >= 0.3 is 29.6 Å². The Bertz CT molecular complexity index is 484. The number of fused-ring (bicyclic) bond motifs is 1. The van der Waals surface area contributed by atoms with E-state index in [0.29, 0.717) is 37.2 Å². The molecule has 1 heterocycles. The van der Waals surface area contributed by atoms with Crippen molar-refractivity contribution in [2.24, 2.45) is 5.92 Å². The van der Waals surface area contributed by atoms with E-state index >= 15 is 0 Å². The summed E-state index contributed by atoms with van der Waals surface area (Å²) in [4.78, 5) is 13.9. The Morgan fingerprint density at radius 2 is 1.90 bits per heavy atom. The fourth-order valence-electron chi connectivity index (χ4n) is 5.23. The van der Waals surface area contributed by atoms with Crippen molar-refractivity contribution in [1.29, 1.82) is 0 Å². The van der Waals surface area contributed by atoms with Gasteiger partial charge in [-0.05, 0) is 57.3 Å². The monoisotopic (exact) mass is 433 g/mol. The van der Waals surface area contributed by atoms with Crippen molar-refractivity contribution in [3.05, 3.63) is 0 Å². The van der Waals surface area contributed by atoms with Gasteiger partial charge in [-0.3, -0.25) is 4.90 Å². The van der Waals surface area contributed by atoms with E-state index in [2.05, 4.69) is 11.8 Å². The Morgan fingerprint density at radius 3 is 2.63 bits per heavy atom. The maximum Gasteiger partial charge on any atom is 1.00 e. The maximum atomic E-state index is 11.3. The van der Waals surface area contributed by atoms with Gasteiger partial charge in [-0.2, -0.15) is 0 Å². The molecule has 0 radical (unpaired) electrons. The van der Waals surface area contributed by atoms with Gasteiger partial charge in [-0.15, -0.1) is 0 Å². The zero-order valence-corrected chi connectivity index (χ0v) is 21.2. The van der Waals surface area contributed by atoms with Crippen molar-refractivity contribution >= 4 is 5.97 Å². The molecule has 0 aromatic rings. The van der Waals surface area contributed by atoms with E-state index in [0.717, 1.165) is 64.8 Å². The fourth-order valence-corrected chi connectivity index (χ4v) is 5.23. The second kappa shape index (κ2) is 14.5. The van der Waals surface area contributed by atoms with E-state index in [9.17, 15) is 9.90 Å². The van der Waals surface area contributed by atoms with E-state index in [1.807, 2.05) is 0 Å². The van der Waals surface area contributed by atoms with Crippen molar-refractivity contribution < 1.29 is 53.7 Å². The van der Waals surface area contributed by atoms with Crippen molar-refractivity contribution in [1.82, 2.24) is 4.90 Å². The normalized spacial score (nSPS) is 30.8. The van der Waals surface area contributed by atoms with Gasteiger partial charge in [0.25, 0.3) is 0 Å². The van der Waals surface area contributed by atoms with Gasteiger partial charge in [0.15, 0.2) is 0 Å². The summed E-state index contributed by atoms with van der Waals surface area (Å²) < 4.78 is 17.7. The molecule has 6 nitrogen and oxygen atoms in total. The summed E-state index contributed by atoms with van der Waals surface area (Å²) in [7, 11) is 0. The molecule has 3 rings (SSSR count). The van der Waals surface area contributed by atoms with Crippen LogP contribution in [0.25, 0.3) is 0 Å². The molecule has 2 aliphatic carbocycles. The molecule has 0 aromatic heterocycles. The predicted octanol–water partition coefficient (Wildman–Crippen LogP) is -0.465. The van der Waals surface area contributed by atoms with E-state index in [4.69, 9.17) is 14.2 Å². The van der Waals surface area contributed by atoms with Crippen LogP contribution in [0.3, 0.4) is 0 Å². The number of aliphatic carboxylic acids is 1. The molecule has 0 spiro atoms. The third-order valence-corrected chi connectivity index (χ3v) is 7.00. The topological polar surface area (TPSA) is 71.1 Å². The van der Waals surface area contributed by atoms with Crippen LogP contribution in [0.1, 0.15) is 77.6 Å². The number of carbonyl (C=O) groups is 1. The number of carbonyl (C=O) groups excluding carboxylic acids is 1. The molecular formula is C23H40NNaO5. The third kappa shape index (κ3) is 8.34. The second-order valence-electron chi connectivity index (χ2n) is 9.08. The summed E-state index contributed by atoms with van der Waals surface area (Å²) in [5.41, 5.74) is 0. The number of morpholine rings is 1. The Labute approximate surface area is 204 Å². The standard InChI is InChI=1S/C23H41NO5.Na/c1-2-3-14-28-22(23(25)26)17-18-8-10-19(11-9-18)27-15-12-24-13-16-29-21-7-5-4-6-20(21)24;/h18-22H,2-17H2,1H3,(H,25,26);/q;+1/p-1. The van der Waals surface area contributed by atoms with E-state index in [1.165, 1.54) is 25.7 Å². The molecule has 3 aliphatic rings. The van der Waals surface area contributed by atoms with Gasteiger partial charge in [0.1, 0.15) is 0 Å². The molecule has 1 aliphatic heterocycles. The average Bonchev–Trinajstić information content (AvgIpc) is 2.74. The molecule has 3 unspecified atom stereocenters. The Kier molecular flexibility index (Phi) is 12.8. The molecule has 1 saturated heterocycles. The van der Waals surface area contributed by atoms with Crippen molar-refractivity contribution in [3.8, 4) is 0 Å². The van der Waals surface area contributed by atoms with Crippen LogP contribution in [-0.4, -0.2) is 68.1 Å². The van der Waals surface area contributed by atoms with Crippen molar-refractivity contribution in [3.63, 3.8) is 0 Å². The molecule has 3 fully saturated rings. The fraction of sp³-hybridized carbons (Fsp3) is 0.957. The molecule has 2 saturated carbocycles. The van der Waals surface area contributed by atoms with Gasteiger partial charge in [0.2, 0.25) is 0 Å². The third-order valence-electron chi connectivity index (χ3n) is 7.00. The minimum Gasteiger partial charge on any atom is -0.547 e. The van der Waals surface area contributed by atoms with Gasteiger partial charge in [-0.1, -0.05) is 26.2 Å². The van der Waals surface area contributed by atoms with Crippen LogP contribution < -0.4 is 34.7 Å². The average molecular weight is 434 g/mol. The first kappa shape index (κ1) is 26.6. The molecule has 0 aromatic carbocycles. The summed E-state index contributed by atoms with van der Waals surface area (Å²) in [5, 5.41) is 11.3. The first-order valence-electron chi connectivity index (χ1n) is 12.0. The Balaban J connectivity index is 0.00000320. The quantitative estimate of drug-likeness (QED) is 0.324. The van der Waals surface area contributed by atoms with Crippen LogP contribution in [0.15, 0.2) is 0 Å². The minimum atomic E-state index is -1.06. The van der Waals surface area contributed by atoms with Crippen LogP contribution in [0.4, 0.5) is 0 Å². The van der Waals surface area contributed by atoms with Gasteiger partial charge < -0.3 is 24.1 Å². The summed E-state index contributed by atoms with van der Waals surface area (Å²) in [6.45, 7) is 6.26. The Morgan fingerprint density at radius 1 is 1.13 bits per heavy atom. The SMILES string of the molecule is CCCCOC(CC1CCC(OCCN2CCOC3CCCCC32)CC1)C(=O)[O-].[Na+]. The van der Waals surface area contributed by atoms with Crippen LogP contribution >= 0.6 is 0 Å². The van der Waals surface area contributed by atoms with Crippen LogP contribution in [0, 0.1) is 5.92 Å². The first-order valence-corrected chi connectivity index (χ1v) is 12.0. The number of carboxylic acid groups (broad SMARTS) is 1. The molecule has 0 N–H and O–H groups in total. The molecule has 3 atom stereocenters. The smallest absolute Gasteiger partial charge is 0.547 e. The summed E-state index contributed by atoms with van der Waals surface area (Å²) in [6, 6.07) is 0.589. The van der Waals surface area contributed by atoms with Crippen LogP contribution in [0.2, 0.25) is 0 Å². The first-order chi connectivity index (χ1) is 14.2.